The largest absolute Gasteiger partial charge is 0.356 e. The predicted molar refractivity (Wildman–Crippen MR) is 139 cm³/mol. The van der Waals surface area contributed by atoms with Crippen molar-refractivity contribution in [3.63, 3.8) is 0 Å². The van der Waals surface area contributed by atoms with Crippen LogP contribution in [0, 0.1) is 11.3 Å². The Bertz CT molecular complexity index is 1000. The topological polar surface area (TPSA) is 133 Å². The molecule has 1 aromatic rings. The Morgan fingerprint density at radius 1 is 1.00 bits per heavy atom. The number of ketones is 1. The van der Waals surface area contributed by atoms with E-state index in [-0.39, 0.29) is 42.0 Å². The van der Waals surface area contributed by atoms with Gasteiger partial charge in [-0.15, -0.1) is 0 Å². The highest BCUT2D eigenvalue weighted by Crippen LogP contribution is 2.24. The summed E-state index contributed by atoms with van der Waals surface area (Å²) in [6.45, 7) is 8.32. The highest BCUT2D eigenvalue weighted by atomic mass is 16.2. The van der Waals surface area contributed by atoms with Crippen molar-refractivity contribution < 1.29 is 24.0 Å². The van der Waals surface area contributed by atoms with E-state index in [2.05, 4.69) is 21.3 Å². The summed E-state index contributed by atoms with van der Waals surface area (Å²) in [7, 11) is 0. The second-order valence-electron chi connectivity index (χ2n) is 11.6. The Kier molecular flexibility index (Phi) is 9.45. The minimum absolute atomic E-state index is 0.0119. The molecule has 0 spiro atoms. The zero-order valence-corrected chi connectivity index (χ0v) is 22.3. The number of benzene rings is 1. The molecule has 9 nitrogen and oxygen atoms in total. The maximum Gasteiger partial charge on any atom is 0.289 e. The third-order valence-corrected chi connectivity index (χ3v) is 6.78. The zero-order chi connectivity index (χ0) is 27.2. The molecule has 4 atom stereocenters. The van der Waals surface area contributed by atoms with Crippen LogP contribution < -0.4 is 21.3 Å². The summed E-state index contributed by atoms with van der Waals surface area (Å²) >= 11 is 0. The van der Waals surface area contributed by atoms with Crippen molar-refractivity contribution in [2.24, 2.45) is 11.3 Å². The monoisotopic (exact) mass is 512 g/mol. The molecular weight excluding hydrogens is 472 g/mol. The second-order valence-corrected chi connectivity index (χ2v) is 11.6. The maximum absolute atomic E-state index is 13.4. The number of nitrogens with one attached hydrogen (secondary N) is 4. The van der Waals surface area contributed by atoms with Gasteiger partial charge in [-0.1, -0.05) is 58.0 Å². The summed E-state index contributed by atoms with van der Waals surface area (Å²) in [6, 6.07) is 7.61. The molecule has 202 valence electrons. The molecule has 1 aliphatic heterocycles. The Balaban J connectivity index is 1.71. The summed E-state index contributed by atoms with van der Waals surface area (Å²) in [5.74, 6) is -3.02. The number of hydrogen-bond donors (Lipinski definition) is 4. The van der Waals surface area contributed by atoms with Gasteiger partial charge in [-0.05, 0) is 49.0 Å². The van der Waals surface area contributed by atoms with E-state index in [0.717, 1.165) is 18.4 Å². The molecule has 4 amide bonds. The molecule has 3 unspecified atom stereocenters. The predicted octanol–water partition coefficient (Wildman–Crippen LogP) is 1.96. The molecule has 2 aliphatic rings. The van der Waals surface area contributed by atoms with Crippen molar-refractivity contribution in [2.45, 2.75) is 90.3 Å². The van der Waals surface area contributed by atoms with E-state index in [1.165, 1.54) is 0 Å². The average molecular weight is 513 g/mol. The van der Waals surface area contributed by atoms with Gasteiger partial charge in [-0.3, -0.25) is 24.0 Å². The fourth-order valence-electron chi connectivity index (χ4n) is 4.55. The lowest BCUT2D eigenvalue weighted by Crippen LogP contribution is -2.55. The van der Waals surface area contributed by atoms with E-state index in [0.29, 0.717) is 19.4 Å². The van der Waals surface area contributed by atoms with Gasteiger partial charge in [0.1, 0.15) is 6.04 Å². The quantitative estimate of drug-likeness (QED) is 0.318. The summed E-state index contributed by atoms with van der Waals surface area (Å²) in [4.78, 5) is 64.1. The number of carbonyl (C=O) groups excluding carboxylic acids is 5. The van der Waals surface area contributed by atoms with Crippen molar-refractivity contribution >= 4 is 29.4 Å². The molecule has 1 saturated carbocycles. The minimum Gasteiger partial charge on any atom is -0.356 e. The molecule has 0 radical (unpaired) electrons. The van der Waals surface area contributed by atoms with Gasteiger partial charge in [-0.2, -0.15) is 0 Å². The Labute approximate surface area is 218 Å². The summed E-state index contributed by atoms with van der Waals surface area (Å²) in [5, 5.41) is 11.0. The smallest absolute Gasteiger partial charge is 0.289 e. The molecule has 37 heavy (non-hydrogen) atoms. The van der Waals surface area contributed by atoms with Crippen molar-refractivity contribution in [3.05, 3.63) is 35.9 Å². The van der Waals surface area contributed by atoms with Crippen molar-refractivity contribution in [1.82, 2.24) is 21.3 Å². The summed E-state index contributed by atoms with van der Waals surface area (Å²) in [6.07, 6.45) is 2.75. The van der Waals surface area contributed by atoms with E-state index < -0.39 is 35.6 Å². The molecular formula is C28H40N4O5. The molecule has 4 N–H and O–H groups in total. The van der Waals surface area contributed by atoms with E-state index in [1.807, 2.05) is 58.0 Å². The maximum atomic E-state index is 13.4. The Morgan fingerprint density at radius 3 is 2.24 bits per heavy atom. The molecule has 1 aliphatic carbocycles. The summed E-state index contributed by atoms with van der Waals surface area (Å²) < 4.78 is 0. The van der Waals surface area contributed by atoms with Crippen LogP contribution in [0.15, 0.2) is 30.3 Å². The zero-order valence-electron chi connectivity index (χ0n) is 22.3. The van der Waals surface area contributed by atoms with Gasteiger partial charge in [0.2, 0.25) is 23.5 Å². The number of Topliss-reactive ketones (excluding diaryl/α,β-unsaturated/α-hetero) is 1. The van der Waals surface area contributed by atoms with E-state index in [4.69, 9.17) is 0 Å². The normalized spacial score (nSPS) is 19.8. The first-order chi connectivity index (χ1) is 17.4. The van der Waals surface area contributed by atoms with E-state index in [1.54, 1.807) is 0 Å². The first-order valence-electron chi connectivity index (χ1n) is 13.2. The van der Waals surface area contributed by atoms with Crippen LogP contribution in [0.1, 0.15) is 77.7 Å². The number of rotatable bonds is 12. The number of hydrogen-bond acceptors (Lipinski definition) is 5. The highest BCUT2D eigenvalue weighted by Gasteiger charge is 2.37. The molecule has 0 aromatic heterocycles. The standard InChI is InChI=1S/C28H40N4O5/c1-17(18-8-6-5-7-9-18)14-23(33)31-22(16-28(2,3)4)26(36)32-21(15-19-12-13-29-25(19)35)24(34)27(37)30-20-10-11-20/h5-9,17,19-22H,10-16H2,1-4H3,(H,29,35)(H,30,37)(H,31,33)(H,32,36)/t17?,19?,21?,22-/m0/s1. The lowest BCUT2D eigenvalue weighted by Gasteiger charge is -2.28. The van der Waals surface area contributed by atoms with E-state index in [9.17, 15) is 24.0 Å². The van der Waals surface area contributed by atoms with Crippen molar-refractivity contribution in [1.29, 1.82) is 0 Å². The van der Waals surface area contributed by atoms with E-state index >= 15 is 0 Å². The van der Waals surface area contributed by atoms with Gasteiger partial charge in [0.05, 0.1) is 6.04 Å². The Morgan fingerprint density at radius 2 is 1.68 bits per heavy atom. The second kappa shape index (κ2) is 12.3. The fourth-order valence-corrected chi connectivity index (χ4v) is 4.55. The highest BCUT2D eigenvalue weighted by molar-refractivity contribution is 6.38. The van der Waals surface area contributed by atoms with Crippen LogP contribution in [0.2, 0.25) is 0 Å². The molecule has 1 aromatic carbocycles. The third-order valence-electron chi connectivity index (χ3n) is 6.78. The van der Waals surface area contributed by atoms with Crippen molar-refractivity contribution in [3.8, 4) is 0 Å². The Hall–Kier alpha value is -3.23. The van der Waals surface area contributed by atoms with Crippen LogP contribution in [-0.2, 0) is 24.0 Å². The van der Waals surface area contributed by atoms with Gasteiger partial charge in [-0.25, -0.2) is 0 Å². The lowest BCUT2D eigenvalue weighted by atomic mass is 9.87. The third kappa shape index (κ3) is 8.98. The average Bonchev–Trinajstić information content (AvgIpc) is 3.56. The molecule has 1 heterocycles. The first kappa shape index (κ1) is 28.3. The number of carbonyl (C=O) groups is 5. The molecule has 1 saturated heterocycles. The van der Waals surface area contributed by atoms with Crippen LogP contribution in [0.4, 0.5) is 0 Å². The first-order valence-corrected chi connectivity index (χ1v) is 13.2. The van der Waals surface area contributed by atoms with Gasteiger partial charge in [0.15, 0.2) is 0 Å². The number of amides is 4. The fraction of sp³-hybridized carbons (Fsp3) is 0.607. The van der Waals surface area contributed by atoms with Gasteiger partial charge < -0.3 is 21.3 Å². The van der Waals surface area contributed by atoms with Crippen LogP contribution in [0.25, 0.3) is 0 Å². The lowest BCUT2D eigenvalue weighted by molar-refractivity contribution is -0.141. The van der Waals surface area contributed by atoms with Crippen molar-refractivity contribution in [2.75, 3.05) is 6.54 Å². The van der Waals surface area contributed by atoms with Crippen LogP contribution in [-0.4, -0.2) is 54.1 Å². The molecule has 0 bridgehead atoms. The van der Waals surface area contributed by atoms with Crippen LogP contribution >= 0.6 is 0 Å². The minimum atomic E-state index is -1.15. The van der Waals surface area contributed by atoms with Gasteiger partial charge in [0.25, 0.3) is 5.91 Å². The van der Waals surface area contributed by atoms with Crippen LogP contribution in [0.5, 0.6) is 0 Å². The summed E-state index contributed by atoms with van der Waals surface area (Å²) in [5.41, 5.74) is 0.728. The molecule has 9 heteroatoms. The van der Waals surface area contributed by atoms with Gasteiger partial charge >= 0.3 is 0 Å². The molecule has 2 fully saturated rings. The van der Waals surface area contributed by atoms with Gasteiger partial charge in [0, 0.05) is 24.9 Å². The van der Waals surface area contributed by atoms with Crippen LogP contribution in [0.3, 0.4) is 0 Å². The SMILES string of the molecule is CC(CC(=O)N[C@@H](CC(C)(C)C)C(=O)NC(CC1CCNC1=O)C(=O)C(=O)NC1CC1)c1ccccc1. The molecule has 3 rings (SSSR count).